The number of carbonyl (C=O) groups is 1. The van der Waals surface area contributed by atoms with E-state index in [4.69, 9.17) is 0 Å². The van der Waals surface area contributed by atoms with Gasteiger partial charge in [0.15, 0.2) is 5.78 Å². The first-order valence-electron chi connectivity index (χ1n) is 9.57. The van der Waals surface area contributed by atoms with E-state index in [1.165, 1.54) is 6.20 Å². The zero-order chi connectivity index (χ0) is 21.3. The lowest BCUT2D eigenvalue weighted by molar-refractivity contribution is 0.0982. The number of sulfone groups is 1. The third-order valence-electron chi connectivity index (χ3n) is 4.95. The highest BCUT2D eigenvalue weighted by molar-refractivity contribution is 7.91. The maximum atomic E-state index is 12.9. The molecule has 0 fully saturated rings. The molecule has 0 aliphatic rings. The minimum absolute atomic E-state index is 0.0231. The molecule has 30 heavy (non-hydrogen) atoms. The van der Waals surface area contributed by atoms with Gasteiger partial charge in [-0.3, -0.25) is 9.20 Å². The summed E-state index contributed by atoms with van der Waals surface area (Å²) in [4.78, 5) is 21.3. The normalized spacial score (nSPS) is 11.7. The van der Waals surface area contributed by atoms with Crippen molar-refractivity contribution in [2.24, 2.45) is 0 Å². The van der Waals surface area contributed by atoms with E-state index in [-0.39, 0.29) is 10.7 Å². The van der Waals surface area contributed by atoms with E-state index >= 15 is 0 Å². The number of nitrogens with zero attached hydrogens (tertiary/aromatic N) is 3. The van der Waals surface area contributed by atoms with Crippen LogP contribution in [0.15, 0.2) is 77.0 Å². The Balaban J connectivity index is 1.47. The van der Waals surface area contributed by atoms with Crippen molar-refractivity contribution in [3.05, 3.63) is 89.5 Å². The van der Waals surface area contributed by atoms with Gasteiger partial charge in [-0.2, -0.15) is 0 Å². The molecule has 2 heterocycles. The molecule has 0 atom stereocenters. The van der Waals surface area contributed by atoms with Crippen molar-refractivity contribution in [2.45, 2.75) is 36.5 Å². The maximum Gasteiger partial charge on any atom is 0.233 e. The summed E-state index contributed by atoms with van der Waals surface area (Å²) in [6, 6.07) is 12.0. The Morgan fingerprint density at radius 2 is 1.67 bits per heavy atom. The van der Waals surface area contributed by atoms with Gasteiger partial charge in [0.25, 0.3) is 0 Å². The summed E-state index contributed by atoms with van der Waals surface area (Å²) in [5.41, 5.74) is 3.24. The van der Waals surface area contributed by atoms with Crippen LogP contribution >= 0.6 is 0 Å². The molecule has 4 aromatic rings. The second kappa shape index (κ2) is 7.84. The molecule has 0 saturated heterocycles. The van der Waals surface area contributed by atoms with Crippen molar-refractivity contribution >= 4 is 21.4 Å². The Labute approximate surface area is 175 Å². The van der Waals surface area contributed by atoms with E-state index in [0.717, 1.165) is 16.7 Å². The zero-order valence-corrected chi connectivity index (χ0v) is 17.6. The Hall–Kier alpha value is -3.32. The van der Waals surface area contributed by atoms with Crippen LogP contribution in [0.3, 0.4) is 0 Å². The van der Waals surface area contributed by atoms with Crippen molar-refractivity contribution in [3.63, 3.8) is 0 Å². The molecule has 4 rings (SSSR count). The first-order chi connectivity index (χ1) is 14.3. The molecular weight excluding hydrogens is 398 g/mol. The van der Waals surface area contributed by atoms with Crippen LogP contribution in [0.1, 0.15) is 33.5 Å². The Morgan fingerprint density at radius 1 is 0.967 bits per heavy atom. The number of imidazole rings is 1. The van der Waals surface area contributed by atoms with E-state index in [9.17, 15) is 13.2 Å². The van der Waals surface area contributed by atoms with Crippen LogP contribution in [0.2, 0.25) is 0 Å². The molecule has 0 bridgehead atoms. The molecule has 152 valence electrons. The molecule has 0 spiro atoms. The monoisotopic (exact) mass is 419 g/mol. The topological polar surface area (TPSA) is 81.4 Å². The second-order valence-electron chi connectivity index (χ2n) is 7.37. The van der Waals surface area contributed by atoms with E-state index in [1.807, 2.05) is 19.9 Å². The van der Waals surface area contributed by atoms with E-state index in [0.29, 0.717) is 29.1 Å². The fourth-order valence-corrected chi connectivity index (χ4v) is 4.87. The van der Waals surface area contributed by atoms with Gasteiger partial charge in [-0.05, 0) is 61.2 Å². The zero-order valence-electron chi connectivity index (χ0n) is 16.7. The summed E-state index contributed by atoms with van der Waals surface area (Å²) in [6.07, 6.45) is 7.45. The molecule has 0 N–H and O–H groups in total. The summed E-state index contributed by atoms with van der Waals surface area (Å²) in [5, 5.41) is 0. The van der Waals surface area contributed by atoms with Crippen LogP contribution < -0.4 is 0 Å². The van der Waals surface area contributed by atoms with Gasteiger partial charge >= 0.3 is 0 Å². The number of benzene rings is 2. The van der Waals surface area contributed by atoms with Crippen molar-refractivity contribution in [1.29, 1.82) is 0 Å². The molecule has 0 aliphatic carbocycles. The third kappa shape index (κ3) is 4.02. The van der Waals surface area contributed by atoms with Crippen LogP contribution in [0.25, 0.3) is 5.78 Å². The molecule has 6 nitrogen and oxygen atoms in total. The summed E-state index contributed by atoms with van der Waals surface area (Å²) < 4.78 is 27.5. The largest absolute Gasteiger partial charge is 0.294 e. The Kier molecular flexibility index (Phi) is 5.22. The lowest BCUT2D eigenvalue weighted by atomic mass is 10.0. The van der Waals surface area contributed by atoms with Crippen molar-refractivity contribution in [3.8, 4) is 0 Å². The smallest absolute Gasteiger partial charge is 0.233 e. The number of hydrogen-bond acceptors (Lipinski definition) is 5. The number of carbonyl (C=O) groups excluding carboxylic acids is 1. The molecule has 0 radical (unpaired) electrons. The van der Waals surface area contributed by atoms with Gasteiger partial charge in [-0.25, -0.2) is 18.4 Å². The van der Waals surface area contributed by atoms with Crippen molar-refractivity contribution < 1.29 is 13.2 Å². The number of ketones is 1. The summed E-state index contributed by atoms with van der Waals surface area (Å²) >= 11 is 0. The van der Waals surface area contributed by atoms with E-state index in [1.54, 1.807) is 59.4 Å². The summed E-state index contributed by atoms with van der Waals surface area (Å²) in [5.74, 6) is 0.525. The lowest BCUT2D eigenvalue weighted by Crippen LogP contribution is -2.05. The Bertz CT molecular complexity index is 1320. The van der Waals surface area contributed by atoms with Crippen LogP contribution in [0.4, 0.5) is 0 Å². The van der Waals surface area contributed by atoms with Crippen LogP contribution in [0, 0.1) is 13.8 Å². The number of aryl methyl sites for hydroxylation is 3. The number of Topliss-reactive ketones (excluding diaryl/α,β-unsaturated/α-hetero) is 1. The second-order valence-corrected chi connectivity index (χ2v) is 9.32. The highest BCUT2D eigenvalue weighted by Gasteiger charge is 2.18. The number of hydrogen-bond donors (Lipinski definition) is 0. The molecule has 7 heteroatoms. The summed E-state index contributed by atoms with van der Waals surface area (Å²) in [6.45, 7) is 3.76. The molecule has 0 saturated carbocycles. The van der Waals surface area contributed by atoms with Gasteiger partial charge in [0.1, 0.15) is 0 Å². The molecule has 2 aromatic carbocycles. The summed E-state index contributed by atoms with van der Waals surface area (Å²) in [7, 11) is -3.57. The van der Waals surface area contributed by atoms with Gasteiger partial charge in [0.05, 0.1) is 15.4 Å². The number of aromatic nitrogens is 3. The fourth-order valence-electron chi connectivity index (χ4n) is 3.42. The average molecular weight is 420 g/mol. The minimum Gasteiger partial charge on any atom is -0.294 e. The quantitative estimate of drug-likeness (QED) is 0.441. The first-order valence-corrected chi connectivity index (χ1v) is 11.1. The standard InChI is InChI=1S/C23H21N3O3S/c1-16-11-17(2)13-21(12-16)30(28,29)20-6-3-18(4-7-20)5-8-22(27)19-14-25-23-24-9-10-26(23)15-19/h3-4,6-7,9-15H,5,8H2,1-2H3. The lowest BCUT2D eigenvalue weighted by Gasteiger charge is -2.08. The SMILES string of the molecule is Cc1cc(C)cc(S(=O)(=O)c2ccc(CCC(=O)c3cnc4nccn4c3)cc2)c1. The van der Waals surface area contributed by atoms with Gasteiger partial charge in [-0.1, -0.05) is 18.2 Å². The van der Waals surface area contributed by atoms with Crippen LogP contribution in [-0.4, -0.2) is 28.6 Å². The van der Waals surface area contributed by atoms with Gasteiger partial charge in [0, 0.05) is 31.2 Å². The molecule has 0 aliphatic heterocycles. The molecular formula is C23H21N3O3S. The van der Waals surface area contributed by atoms with Gasteiger partial charge in [0.2, 0.25) is 15.6 Å². The predicted octanol–water partition coefficient (Wildman–Crippen LogP) is 3.99. The molecule has 0 unspecified atom stereocenters. The van der Waals surface area contributed by atoms with E-state index < -0.39 is 9.84 Å². The molecule has 2 aromatic heterocycles. The Morgan fingerprint density at radius 3 is 2.37 bits per heavy atom. The number of rotatable bonds is 6. The van der Waals surface area contributed by atoms with Crippen LogP contribution in [-0.2, 0) is 16.3 Å². The minimum atomic E-state index is -3.57. The third-order valence-corrected chi connectivity index (χ3v) is 6.70. The van der Waals surface area contributed by atoms with Crippen molar-refractivity contribution in [2.75, 3.05) is 0 Å². The fraction of sp³-hybridized carbons (Fsp3) is 0.174. The predicted molar refractivity (Wildman–Crippen MR) is 113 cm³/mol. The van der Waals surface area contributed by atoms with Crippen molar-refractivity contribution in [1.82, 2.24) is 14.4 Å². The van der Waals surface area contributed by atoms with Gasteiger partial charge in [-0.15, -0.1) is 0 Å². The average Bonchev–Trinajstić information content (AvgIpc) is 3.19. The van der Waals surface area contributed by atoms with E-state index in [2.05, 4.69) is 9.97 Å². The maximum absolute atomic E-state index is 12.9. The highest BCUT2D eigenvalue weighted by atomic mass is 32.2. The number of fused-ring (bicyclic) bond motifs is 1. The van der Waals surface area contributed by atoms with Gasteiger partial charge < -0.3 is 0 Å². The first kappa shape index (κ1) is 20.0. The highest BCUT2D eigenvalue weighted by Crippen LogP contribution is 2.23. The molecule has 0 amide bonds. The van der Waals surface area contributed by atoms with Crippen LogP contribution in [0.5, 0.6) is 0 Å².